The quantitative estimate of drug-likeness (QED) is 0.406. The number of aryl methyl sites for hydroxylation is 2. The van der Waals surface area contributed by atoms with E-state index in [-0.39, 0.29) is 28.7 Å². The standard InChI is InChI=1S/C21H20ClF2N3O3S2/c22-13-9-11(5-6-14(13)30-21(23)24)25-17(28)7-8-31-10-16-26-19(29)18-12-3-1-2-4-15(12)32-20(18)27-16/h5-6,9,21H,1-4,7-8,10H2,(H,25,28)(H,26,27,29). The lowest BCUT2D eigenvalue weighted by molar-refractivity contribution is -0.115. The molecule has 0 saturated carbocycles. The third-order valence-electron chi connectivity index (χ3n) is 5.02. The van der Waals surface area contributed by atoms with Crippen LogP contribution in [0.5, 0.6) is 5.75 Å². The maximum Gasteiger partial charge on any atom is 0.387 e. The highest BCUT2D eigenvalue weighted by molar-refractivity contribution is 7.98. The second-order valence-electron chi connectivity index (χ2n) is 7.28. The van der Waals surface area contributed by atoms with Crippen LogP contribution in [-0.2, 0) is 23.4 Å². The highest BCUT2D eigenvalue weighted by Gasteiger charge is 2.19. The van der Waals surface area contributed by atoms with Crippen molar-refractivity contribution in [2.24, 2.45) is 0 Å². The molecule has 2 heterocycles. The number of hydrogen-bond acceptors (Lipinski definition) is 6. The molecule has 1 aromatic carbocycles. The van der Waals surface area contributed by atoms with E-state index >= 15 is 0 Å². The first-order chi connectivity index (χ1) is 15.4. The Bertz CT molecular complexity index is 1200. The number of rotatable bonds is 8. The van der Waals surface area contributed by atoms with Crippen LogP contribution >= 0.6 is 34.7 Å². The number of carbonyl (C=O) groups is 1. The van der Waals surface area contributed by atoms with Crippen LogP contribution in [0.25, 0.3) is 10.2 Å². The van der Waals surface area contributed by atoms with Gasteiger partial charge in [0.15, 0.2) is 0 Å². The average molecular weight is 500 g/mol. The van der Waals surface area contributed by atoms with Crippen molar-refractivity contribution in [2.45, 2.75) is 44.5 Å². The number of fused-ring (bicyclic) bond motifs is 3. The van der Waals surface area contributed by atoms with Crippen LogP contribution in [0.1, 0.15) is 35.5 Å². The number of ether oxygens (including phenoxy) is 1. The number of aromatic amines is 1. The summed E-state index contributed by atoms with van der Waals surface area (Å²) in [5, 5.41) is 3.39. The zero-order valence-electron chi connectivity index (χ0n) is 16.9. The number of H-pyrrole nitrogens is 1. The number of alkyl halides is 2. The first-order valence-corrected chi connectivity index (χ1v) is 12.4. The van der Waals surface area contributed by atoms with Crippen molar-refractivity contribution in [3.8, 4) is 5.75 Å². The van der Waals surface area contributed by atoms with Crippen LogP contribution in [0.3, 0.4) is 0 Å². The summed E-state index contributed by atoms with van der Waals surface area (Å²) >= 11 is 8.99. The number of anilines is 1. The van der Waals surface area contributed by atoms with Gasteiger partial charge in [0.05, 0.1) is 16.2 Å². The van der Waals surface area contributed by atoms with E-state index in [2.05, 4.69) is 20.0 Å². The Hall–Kier alpha value is -2.17. The van der Waals surface area contributed by atoms with Gasteiger partial charge in [-0.1, -0.05) is 11.6 Å². The molecule has 4 rings (SSSR count). The zero-order valence-corrected chi connectivity index (χ0v) is 19.3. The largest absolute Gasteiger partial charge is 0.433 e. The lowest BCUT2D eigenvalue weighted by atomic mass is 9.97. The minimum atomic E-state index is -2.97. The maximum atomic E-state index is 12.6. The highest BCUT2D eigenvalue weighted by atomic mass is 35.5. The number of nitrogens with zero attached hydrogens (tertiary/aromatic N) is 1. The van der Waals surface area contributed by atoms with Crippen molar-refractivity contribution in [1.29, 1.82) is 0 Å². The van der Waals surface area contributed by atoms with Gasteiger partial charge in [0.1, 0.15) is 16.4 Å². The van der Waals surface area contributed by atoms with Gasteiger partial charge in [-0.05, 0) is 49.4 Å². The number of thioether (sulfide) groups is 1. The Morgan fingerprint density at radius 2 is 2.16 bits per heavy atom. The van der Waals surface area contributed by atoms with E-state index in [0.29, 0.717) is 23.0 Å². The summed E-state index contributed by atoms with van der Waals surface area (Å²) < 4.78 is 28.8. The minimum Gasteiger partial charge on any atom is -0.433 e. The van der Waals surface area contributed by atoms with Crippen LogP contribution in [0, 0.1) is 0 Å². The summed E-state index contributed by atoms with van der Waals surface area (Å²) in [6.45, 7) is -2.97. The molecule has 0 radical (unpaired) electrons. The molecule has 0 bridgehead atoms. The Balaban J connectivity index is 1.29. The predicted octanol–water partition coefficient (Wildman–Crippen LogP) is 5.38. The summed E-state index contributed by atoms with van der Waals surface area (Å²) in [5.74, 6) is 1.23. The first-order valence-electron chi connectivity index (χ1n) is 10.1. The molecule has 0 spiro atoms. The third-order valence-corrected chi connectivity index (χ3v) is 7.47. The summed E-state index contributed by atoms with van der Waals surface area (Å²) in [5.41, 5.74) is 1.47. The minimum absolute atomic E-state index is 0.0156. The molecule has 0 fully saturated rings. The molecule has 170 valence electrons. The van der Waals surface area contributed by atoms with E-state index in [1.165, 1.54) is 34.8 Å². The molecule has 32 heavy (non-hydrogen) atoms. The number of hydrogen-bond donors (Lipinski definition) is 2. The van der Waals surface area contributed by atoms with Gasteiger partial charge in [-0.2, -0.15) is 20.5 Å². The van der Waals surface area contributed by atoms with Crippen LogP contribution in [0.2, 0.25) is 5.02 Å². The summed E-state index contributed by atoms with van der Waals surface area (Å²) in [6.07, 6.45) is 4.45. The van der Waals surface area contributed by atoms with Crippen molar-refractivity contribution >= 4 is 56.5 Å². The predicted molar refractivity (Wildman–Crippen MR) is 124 cm³/mol. The van der Waals surface area contributed by atoms with Gasteiger partial charge >= 0.3 is 6.61 Å². The number of thiophene rings is 1. The van der Waals surface area contributed by atoms with Gasteiger partial charge in [-0.15, -0.1) is 11.3 Å². The molecule has 1 aliphatic rings. The average Bonchev–Trinajstić information content (AvgIpc) is 3.12. The summed E-state index contributed by atoms with van der Waals surface area (Å²) in [7, 11) is 0. The van der Waals surface area contributed by atoms with Crippen LogP contribution in [0.15, 0.2) is 23.0 Å². The van der Waals surface area contributed by atoms with E-state index in [1.54, 1.807) is 11.3 Å². The second kappa shape index (κ2) is 10.2. The van der Waals surface area contributed by atoms with Crippen molar-refractivity contribution < 1.29 is 18.3 Å². The Kier molecular flexibility index (Phi) is 7.32. The smallest absolute Gasteiger partial charge is 0.387 e. The fraction of sp³-hybridized carbons (Fsp3) is 0.381. The number of carbonyl (C=O) groups excluding carboxylic acids is 1. The molecular formula is C21H20ClF2N3O3S2. The van der Waals surface area contributed by atoms with Crippen molar-refractivity contribution in [2.75, 3.05) is 11.1 Å². The molecule has 0 saturated heterocycles. The van der Waals surface area contributed by atoms with Crippen molar-refractivity contribution in [3.63, 3.8) is 0 Å². The lowest BCUT2D eigenvalue weighted by Crippen LogP contribution is -2.14. The SMILES string of the molecule is O=C(CCSCc1nc2sc3c(c2c(=O)[nH]1)CCCC3)Nc1ccc(OC(F)F)c(Cl)c1. The van der Waals surface area contributed by atoms with Crippen LogP contribution in [0.4, 0.5) is 14.5 Å². The summed E-state index contributed by atoms with van der Waals surface area (Å²) in [4.78, 5) is 34.3. The number of nitrogens with one attached hydrogen (secondary N) is 2. The molecule has 1 aliphatic carbocycles. The van der Waals surface area contributed by atoms with Gasteiger partial charge in [-0.3, -0.25) is 9.59 Å². The van der Waals surface area contributed by atoms with Crippen molar-refractivity contribution in [3.05, 3.63) is 49.8 Å². The van der Waals surface area contributed by atoms with Gasteiger partial charge in [0, 0.05) is 22.7 Å². The lowest BCUT2D eigenvalue weighted by Gasteiger charge is -2.10. The maximum absolute atomic E-state index is 12.6. The van der Waals surface area contributed by atoms with E-state index in [1.807, 2.05) is 0 Å². The molecular weight excluding hydrogens is 480 g/mol. The number of benzene rings is 1. The number of amides is 1. The monoisotopic (exact) mass is 499 g/mol. The zero-order chi connectivity index (χ0) is 22.7. The molecule has 0 aliphatic heterocycles. The topological polar surface area (TPSA) is 84.1 Å². The molecule has 6 nitrogen and oxygen atoms in total. The van der Waals surface area contributed by atoms with Crippen LogP contribution in [-0.4, -0.2) is 28.2 Å². The molecule has 11 heteroatoms. The third kappa shape index (κ3) is 5.41. The Morgan fingerprint density at radius 1 is 1.34 bits per heavy atom. The van der Waals surface area contributed by atoms with Gasteiger partial charge in [-0.25, -0.2) is 4.98 Å². The Labute approximate surface area is 195 Å². The molecule has 2 aromatic heterocycles. The summed E-state index contributed by atoms with van der Waals surface area (Å²) in [6, 6.07) is 4.08. The van der Waals surface area contributed by atoms with Gasteiger partial charge < -0.3 is 15.0 Å². The van der Waals surface area contributed by atoms with Crippen LogP contribution < -0.4 is 15.6 Å². The molecule has 0 unspecified atom stereocenters. The van der Waals surface area contributed by atoms with E-state index in [9.17, 15) is 18.4 Å². The first kappa shape index (κ1) is 23.0. The fourth-order valence-corrected chi connectivity index (χ4v) is 5.91. The van der Waals surface area contributed by atoms with Gasteiger partial charge in [0.25, 0.3) is 5.56 Å². The van der Waals surface area contributed by atoms with Gasteiger partial charge in [0.2, 0.25) is 5.91 Å². The van der Waals surface area contributed by atoms with Crippen molar-refractivity contribution in [1.82, 2.24) is 9.97 Å². The fourth-order valence-electron chi connectivity index (χ4n) is 3.60. The normalized spacial score (nSPS) is 13.4. The molecule has 2 N–H and O–H groups in total. The van der Waals surface area contributed by atoms with E-state index in [0.717, 1.165) is 41.5 Å². The number of aromatic nitrogens is 2. The number of halogens is 3. The molecule has 1 amide bonds. The highest BCUT2D eigenvalue weighted by Crippen LogP contribution is 2.33. The molecule has 3 aromatic rings. The Morgan fingerprint density at radius 3 is 2.94 bits per heavy atom. The van der Waals surface area contributed by atoms with E-state index in [4.69, 9.17) is 11.6 Å². The molecule has 0 atom stereocenters. The van der Waals surface area contributed by atoms with E-state index < -0.39 is 6.61 Å². The second-order valence-corrected chi connectivity index (χ2v) is 9.87.